The number of methoxy groups -OCH3 is 1. The van der Waals surface area contributed by atoms with Crippen molar-refractivity contribution in [1.82, 2.24) is 19.5 Å². The summed E-state index contributed by atoms with van der Waals surface area (Å²) < 4.78 is 68.3. The van der Waals surface area contributed by atoms with E-state index >= 15 is 0 Å². The Morgan fingerprint density at radius 3 is 2.53 bits per heavy atom. The minimum atomic E-state index is -5.05. The van der Waals surface area contributed by atoms with Crippen LogP contribution in [0.15, 0.2) is 12.7 Å². The molecule has 2 aliphatic heterocycles. The molecule has 17 nitrogen and oxygen atoms in total. The number of anilines is 1. The number of nitrogens with zero attached hydrogens (tertiary/aromatic N) is 4. The number of fused-ring (bicyclic) bond motifs is 2. The fourth-order valence-corrected chi connectivity index (χ4v) is 7.97. The van der Waals surface area contributed by atoms with Crippen LogP contribution in [-0.2, 0) is 41.5 Å². The van der Waals surface area contributed by atoms with Gasteiger partial charge >= 0.3 is 15.2 Å². The normalized spacial score (nSPS) is 30.8. The van der Waals surface area contributed by atoms with Gasteiger partial charge in [-0.1, -0.05) is 0 Å². The molecular formula is C13H19BN5O12P3-. The fourth-order valence-electron chi connectivity index (χ4n) is 3.47. The summed E-state index contributed by atoms with van der Waals surface area (Å²) in [5.41, 5.74) is 6.46. The van der Waals surface area contributed by atoms with Crippen LogP contribution in [0, 0.1) is 0 Å². The monoisotopic (exact) mass is 541 g/mol. The van der Waals surface area contributed by atoms with E-state index in [1.807, 2.05) is 0 Å². The van der Waals surface area contributed by atoms with Crippen LogP contribution in [0.5, 0.6) is 0 Å². The first-order valence-electron chi connectivity index (χ1n) is 9.32. The molecule has 7 atom stereocenters. The molecule has 0 aromatic carbocycles. The van der Waals surface area contributed by atoms with Gasteiger partial charge < -0.3 is 56.0 Å². The third-order valence-electron chi connectivity index (χ3n) is 4.70. The van der Waals surface area contributed by atoms with E-state index in [1.54, 1.807) is 0 Å². The highest BCUT2D eigenvalue weighted by Gasteiger charge is 2.54. The first kappa shape index (κ1) is 25.8. The highest BCUT2D eigenvalue weighted by Crippen LogP contribution is 2.64. The van der Waals surface area contributed by atoms with Crippen LogP contribution < -0.4 is 5.73 Å². The SMILES string of the molecule is [B-]P(=O)(OC[C@H]1O[C@@H](n2cnc3c(N)ncnc32)[C@@H]2OC(OC)O[C@@H]21)OP(=O)(O)CP(=O)(O)O. The Hall–Kier alpha value is -1.26. The number of hydrogen-bond acceptors (Lipinski definition) is 13. The molecule has 2 saturated heterocycles. The van der Waals surface area contributed by atoms with Crippen LogP contribution in [-0.4, -0.2) is 86.2 Å². The molecule has 2 aliphatic rings. The molecule has 21 heteroatoms. The maximum absolute atomic E-state index is 12.4. The van der Waals surface area contributed by atoms with Gasteiger partial charge in [0.25, 0.3) is 6.48 Å². The van der Waals surface area contributed by atoms with Crippen molar-refractivity contribution >= 4 is 47.2 Å². The van der Waals surface area contributed by atoms with E-state index in [0.29, 0.717) is 11.2 Å². The molecule has 0 amide bonds. The van der Waals surface area contributed by atoms with Crippen LogP contribution in [0.2, 0.25) is 0 Å². The number of aromatic nitrogens is 4. The van der Waals surface area contributed by atoms with Gasteiger partial charge in [-0.2, -0.15) is 0 Å². The zero-order valence-corrected chi connectivity index (χ0v) is 19.9. The van der Waals surface area contributed by atoms with E-state index in [2.05, 4.69) is 19.3 Å². The number of nitrogen functional groups attached to an aromatic ring is 1. The third kappa shape index (κ3) is 5.59. The summed E-state index contributed by atoms with van der Waals surface area (Å²) in [7, 11) is -8.10. The lowest BCUT2D eigenvalue weighted by Gasteiger charge is -2.30. The fraction of sp³-hybridized carbons (Fsp3) is 0.615. The van der Waals surface area contributed by atoms with Gasteiger partial charge in [0, 0.05) is 7.11 Å². The smallest absolute Gasteiger partial charge is 0.344 e. The van der Waals surface area contributed by atoms with Crippen LogP contribution in [0.3, 0.4) is 0 Å². The summed E-state index contributed by atoms with van der Waals surface area (Å²) in [6.07, 6.45) is -0.904. The van der Waals surface area contributed by atoms with Crippen molar-refractivity contribution in [2.45, 2.75) is 31.0 Å². The van der Waals surface area contributed by atoms with Gasteiger partial charge in [-0.3, -0.25) is 18.0 Å². The average Bonchev–Trinajstić information content (AvgIpc) is 3.37. The Kier molecular flexibility index (Phi) is 7.08. The number of imidazole rings is 1. The van der Waals surface area contributed by atoms with Crippen molar-refractivity contribution in [3.05, 3.63) is 12.7 Å². The summed E-state index contributed by atoms with van der Waals surface area (Å²) in [6.45, 7) is -1.65. The van der Waals surface area contributed by atoms with E-state index in [1.165, 1.54) is 24.3 Å². The zero-order valence-electron chi connectivity index (χ0n) is 17.3. The summed E-state index contributed by atoms with van der Waals surface area (Å²) in [6, 6.07) is 0. The standard InChI is InChI=1S/C13H19BN5O12P3/c1-26-13-29-8-6(2-27-34(14,25)31-33(23,24)5-32(20,21)22)28-12(9(8)30-13)19-4-18-7-10(15)16-3-17-11(7)19/h3-4,6,8-9,12-13H,2,5H2,1H3,(H,23,24)(H2,15,16,17)(H2,20,21,22)/q-1/t6-,8-,9-,12-,13?,34?/m1/s1. The van der Waals surface area contributed by atoms with Crippen molar-refractivity contribution in [2.24, 2.45) is 0 Å². The number of ether oxygens (including phenoxy) is 4. The van der Waals surface area contributed by atoms with E-state index < -0.39 is 66.2 Å². The minimum Gasteiger partial charge on any atom is -0.443 e. The van der Waals surface area contributed by atoms with Gasteiger partial charge in [0.1, 0.15) is 30.2 Å². The second-order valence-electron chi connectivity index (χ2n) is 7.23. The molecule has 187 valence electrons. The molecule has 0 spiro atoms. The molecule has 2 aromatic heterocycles. The summed E-state index contributed by atoms with van der Waals surface area (Å²) in [5.74, 6) is -1.45. The molecule has 3 unspecified atom stereocenters. The number of rotatable bonds is 9. The van der Waals surface area contributed by atoms with Gasteiger partial charge in [-0.25, -0.2) is 15.0 Å². The molecule has 5 N–H and O–H groups in total. The lowest BCUT2D eigenvalue weighted by atomic mass is 10.1. The summed E-state index contributed by atoms with van der Waals surface area (Å²) in [5, 5.41) is 0. The maximum Gasteiger partial charge on any atom is 0.344 e. The first-order valence-corrected chi connectivity index (χ1v) is 14.5. The molecule has 4 heterocycles. The molecular weight excluding hydrogens is 522 g/mol. The summed E-state index contributed by atoms with van der Waals surface area (Å²) >= 11 is 0. The van der Waals surface area contributed by atoms with Crippen LogP contribution >= 0.6 is 22.7 Å². The van der Waals surface area contributed by atoms with Crippen LogP contribution in [0.1, 0.15) is 6.23 Å². The summed E-state index contributed by atoms with van der Waals surface area (Å²) in [4.78, 5) is 39.5. The van der Waals surface area contributed by atoms with E-state index in [9.17, 15) is 18.6 Å². The van der Waals surface area contributed by atoms with E-state index in [0.717, 1.165) is 0 Å². The Bertz CT molecular complexity index is 1210. The first-order chi connectivity index (χ1) is 15.8. The number of hydrogen-bond donors (Lipinski definition) is 4. The molecule has 0 bridgehead atoms. The predicted molar refractivity (Wildman–Crippen MR) is 111 cm³/mol. The average molecular weight is 541 g/mol. The number of nitrogens with two attached hydrogens (primary N) is 1. The molecule has 0 aliphatic carbocycles. The van der Waals surface area contributed by atoms with E-state index in [-0.39, 0.29) is 5.82 Å². The van der Waals surface area contributed by atoms with Gasteiger partial charge in [-0.05, 0) is 0 Å². The molecule has 0 saturated carbocycles. The van der Waals surface area contributed by atoms with Crippen molar-refractivity contribution in [3.8, 4) is 0 Å². The van der Waals surface area contributed by atoms with Crippen LogP contribution in [0.4, 0.5) is 5.82 Å². The molecule has 4 rings (SSSR count). The topological polar surface area (TPSA) is 237 Å². The predicted octanol–water partition coefficient (Wildman–Crippen LogP) is -0.350. The third-order valence-corrected chi connectivity index (χ3v) is 10.0. The minimum absolute atomic E-state index is 0.140. The Morgan fingerprint density at radius 1 is 1.15 bits per heavy atom. The molecule has 3 radical (unpaired) electrons. The van der Waals surface area contributed by atoms with Crippen molar-refractivity contribution in [1.29, 1.82) is 0 Å². The second kappa shape index (κ2) is 9.32. The van der Waals surface area contributed by atoms with Crippen molar-refractivity contribution in [3.63, 3.8) is 0 Å². The van der Waals surface area contributed by atoms with Gasteiger partial charge in [0.2, 0.25) is 0 Å². The maximum atomic E-state index is 12.4. The molecule has 34 heavy (non-hydrogen) atoms. The van der Waals surface area contributed by atoms with Crippen molar-refractivity contribution < 1.29 is 56.2 Å². The Morgan fingerprint density at radius 2 is 1.85 bits per heavy atom. The van der Waals surface area contributed by atoms with E-state index in [4.69, 9.17) is 46.6 Å². The largest absolute Gasteiger partial charge is 0.443 e. The second-order valence-corrected chi connectivity index (χ2v) is 13.0. The molecule has 2 fully saturated rings. The van der Waals surface area contributed by atoms with Crippen LogP contribution in [0.25, 0.3) is 11.2 Å². The highest BCUT2D eigenvalue weighted by molar-refractivity contribution is 7.85. The van der Waals surface area contributed by atoms with Gasteiger partial charge in [0.05, 0.1) is 20.4 Å². The highest BCUT2D eigenvalue weighted by atomic mass is 31.3. The van der Waals surface area contributed by atoms with Gasteiger partial charge in [-0.15, -0.1) is 0 Å². The Labute approximate surface area is 192 Å². The Balaban J connectivity index is 1.51. The van der Waals surface area contributed by atoms with Crippen molar-refractivity contribution in [2.75, 3.05) is 25.4 Å². The quantitative estimate of drug-likeness (QED) is 0.234. The lowest BCUT2D eigenvalue weighted by Crippen LogP contribution is -2.31. The zero-order chi connectivity index (χ0) is 24.9. The lowest BCUT2D eigenvalue weighted by molar-refractivity contribution is -0.256. The van der Waals surface area contributed by atoms with Gasteiger partial charge in [0.15, 0.2) is 23.6 Å². The molecule has 2 aromatic rings.